The number of fused-ring (bicyclic) bond motifs is 1. The Hall–Kier alpha value is -2.41. The van der Waals surface area contributed by atoms with Crippen molar-refractivity contribution in [3.63, 3.8) is 0 Å². The second kappa shape index (κ2) is 7.07. The zero-order chi connectivity index (χ0) is 18.1. The number of thiazole rings is 1. The van der Waals surface area contributed by atoms with Crippen molar-refractivity contribution >= 4 is 57.1 Å². The van der Waals surface area contributed by atoms with Gasteiger partial charge in [-0.25, -0.2) is 9.78 Å². The highest BCUT2D eigenvalue weighted by atomic mass is 35.5. The van der Waals surface area contributed by atoms with Crippen LogP contribution in [0.5, 0.6) is 0 Å². The van der Waals surface area contributed by atoms with Gasteiger partial charge in [-0.1, -0.05) is 29.8 Å². The van der Waals surface area contributed by atoms with E-state index in [1.807, 2.05) is 54.6 Å². The van der Waals surface area contributed by atoms with Gasteiger partial charge in [0.15, 0.2) is 0 Å². The first kappa shape index (κ1) is 17.0. The molecule has 1 aromatic heterocycles. The number of aromatic nitrogens is 1. The number of hydrogen-bond acceptors (Lipinski definition) is 5. The van der Waals surface area contributed by atoms with Crippen molar-refractivity contribution in [1.82, 2.24) is 4.98 Å². The van der Waals surface area contributed by atoms with Crippen molar-refractivity contribution < 1.29 is 9.53 Å². The van der Waals surface area contributed by atoms with Crippen LogP contribution in [0.25, 0.3) is 22.4 Å². The zero-order valence-corrected chi connectivity index (χ0v) is 15.3. The van der Waals surface area contributed by atoms with Gasteiger partial charge < -0.3 is 10.5 Å². The van der Waals surface area contributed by atoms with E-state index in [4.69, 9.17) is 22.1 Å². The molecule has 1 amide bonds. The second-order valence-corrected chi connectivity index (χ2v) is 7.44. The summed E-state index contributed by atoms with van der Waals surface area (Å²) in [6, 6.07) is 13.4. The van der Waals surface area contributed by atoms with Crippen LogP contribution in [0.4, 0.5) is 10.5 Å². The monoisotopic (exact) mass is 385 g/mol. The molecule has 2 heterocycles. The van der Waals surface area contributed by atoms with Crippen molar-refractivity contribution in [2.75, 3.05) is 18.0 Å². The van der Waals surface area contributed by atoms with E-state index in [2.05, 4.69) is 4.98 Å². The average Bonchev–Trinajstić information content (AvgIpc) is 3.23. The van der Waals surface area contributed by atoms with E-state index in [0.717, 1.165) is 26.5 Å². The van der Waals surface area contributed by atoms with Gasteiger partial charge >= 0.3 is 6.09 Å². The van der Waals surface area contributed by atoms with Gasteiger partial charge in [0.1, 0.15) is 11.1 Å². The normalized spacial score (nSPS) is 17.4. The summed E-state index contributed by atoms with van der Waals surface area (Å²) >= 11 is 7.47. The Morgan fingerprint density at radius 2 is 2.08 bits per heavy atom. The van der Waals surface area contributed by atoms with E-state index in [1.54, 1.807) is 16.2 Å². The Labute approximate surface area is 159 Å². The molecular formula is C19H16ClN3O2S. The molecule has 1 saturated heterocycles. The average molecular weight is 386 g/mol. The fourth-order valence-corrected chi connectivity index (χ4v) is 3.80. The van der Waals surface area contributed by atoms with E-state index in [1.165, 1.54) is 0 Å². The van der Waals surface area contributed by atoms with Crippen LogP contribution in [0.1, 0.15) is 10.6 Å². The lowest BCUT2D eigenvalue weighted by atomic mass is 10.2. The number of anilines is 1. The molecule has 0 saturated carbocycles. The van der Waals surface area contributed by atoms with Gasteiger partial charge in [-0.2, -0.15) is 0 Å². The van der Waals surface area contributed by atoms with Gasteiger partial charge in [-0.05, 0) is 42.0 Å². The molecule has 0 unspecified atom stereocenters. The van der Waals surface area contributed by atoms with Crippen LogP contribution >= 0.6 is 22.9 Å². The molecule has 4 rings (SSSR count). The van der Waals surface area contributed by atoms with Crippen LogP contribution in [-0.2, 0) is 4.74 Å². The number of nitrogens with two attached hydrogens (primary N) is 1. The van der Waals surface area contributed by atoms with E-state index in [0.29, 0.717) is 18.1 Å². The lowest BCUT2D eigenvalue weighted by molar-refractivity contribution is 0.145. The first-order chi connectivity index (χ1) is 12.6. The number of cyclic esters (lactones) is 1. The quantitative estimate of drug-likeness (QED) is 0.722. The number of carbonyl (C=O) groups is 1. The van der Waals surface area contributed by atoms with Gasteiger partial charge in [0.2, 0.25) is 0 Å². The molecule has 0 aliphatic carbocycles. The largest absolute Gasteiger partial charge is 0.443 e. The molecule has 2 N–H and O–H groups in total. The highest BCUT2D eigenvalue weighted by Crippen LogP contribution is 2.30. The fraction of sp³-hybridized carbons (Fsp3) is 0.158. The molecule has 1 aliphatic rings. The molecule has 26 heavy (non-hydrogen) atoms. The summed E-state index contributed by atoms with van der Waals surface area (Å²) in [5, 5.41) is 1.61. The number of amides is 1. The molecule has 7 heteroatoms. The third-order valence-corrected chi connectivity index (χ3v) is 5.36. The summed E-state index contributed by atoms with van der Waals surface area (Å²) in [5.41, 5.74) is 8.35. The predicted molar refractivity (Wildman–Crippen MR) is 107 cm³/mol. The topological polar surface area (TPSA) is 68.5 Å². The molecule has 1 atom stereocenters. The van der Waals surface area contributed by atoms with Gasteiger partial charge in [-0.15, -0.1) is 11.3 Å². The van der Waals surface area contributed by atoms with Gasteiger partial charge in [0.25, 0.3) is 0 Å². The van der Waals surface area contributed by atoms with Crippen LogP contribution < -0.4 is 10.6 Å². The summed E-state index contributed by atoms with van der Waals surface area (Å²) < 4.78 is 6.24. The summed E-state index contributed by atoms with van der Waals surface area (Å²) in [6.07, 6.45) is 3.37. The predicted octanol–water partition coefficient (Wildman–Crippen LogP) is 4.40. The van der Waals surface area contributed by atoms with Crippen LogP contribution in [0.2, 0.25) is 5.02 Å². The standard InChI is InChI=1S/C19H16ClN3O2S/c20-13-4-1-12(2-5-13)3-8-18-22-16-7-6-14(9-17(16)26-18)23-11-15(10-21)25-19(23)24/h1-9,15H,10-11,21H2/t15-/m0/s1. The molecule has 0 bridgehead atoms. The Kier molecular flexibility index (Phi) is 4.63. The minimum atomic E-state index is -0.354. The SMILES string of the molecule is NC[C@H]1CN(c2ccc3nc(C=Cc4ccc(Cl)cc4)sc3c2)C(=O)O1. The molecule has 1 aliphatic heterocycles. The molecule has 132 valence electrons. The van der Waals surface area contributed by atoms with E-state index in [-0.39, 0.29) is 12.2 Å². The number of halogens is 1. The van der Waals surface area contributed by atoms with E-state index in [9.17, 15) is 4.79 Å². The Morgan fingerprint density at radius 3 is 2.81 bits per heavy atom. The zero-order valence-electron chi connectivity index (χ0n) is 13.8. The maximum Gasteiger partial charge on any atom is 0.414 e. The third kappa shape index (κ3) is 3.44. The van der Waals surface area contributed by atoms with Crippen LogP contribution in [0.15, 0.2) is 42.5 Å². The Balaban J connectivity index is 1.58. The van der Waals surface area contributed by atoms with Crippen LogP contribution in [0.3, 0.4) is 0 Å². The maximum absolute atomic E-state index is 12.0. The minimum absolute atomic E-state index is 0.252. The molecule has 2 aromatic carbocycles. The highest BCUT2D eigenvalue weighted by Gasteiger charge is 2.31. The van der Waals surface area contributed by atoms with Crippen molar-refractivity contribution in [2.24, 2.45) is 5.73 Å². The number of ether oxygens (including phenoxy) is 1. The highest BCUT2D eigenvalue weighted by molar-refractivity contribution is 7.19. The first-order valence-corrected chi connectivity index (χ1v) is 9.34. The minimum Gasteiger partial charge on any atom is -0.443 e. The van der Waals surface area contributed by atoms with Crippen molar-refractivity contribution in [3.05, 3.63) is 58.1 Å². The molecule has 0 spiro atoms. The Morgan fingerprint density at radius 1 is 1.27 bits per heavy atom. The molecule has 1 fully saturated rings. The summed E-state index contributed by atoms with van der Waals surface area (Å²) in [4.78, 5) is 18.2. The summed E-state index contributed by atoms with van der Waals surface area (Å²) in [6.45, 7) is 0.799. The third-order valence-electron chi connectivity index (χ3n) is 4.13. The van der Waals surface area contributed by atoms with Crippen LogP contribution in [0, 0.1) is 0 Å². The molecule has 0 radical (unpaired) electrons. The molecular weight excluding hydrogens is 370 g/mol. The van der Waals surface area contributed by atoms with E-state index < -0.39 is 0 Å². The second-order valence-electron chi connectivity index (χ2n) is 5.94. The van der Waals surface area contributed by atoms with Crippen molar-refractivity contribution in [2.45, 2.75) is 6.10 Å². The van der Waals surface area contributed by atoms with Gasteiger partial charge in [-0.3, -0.25) is 4.90 Å². The molecule has 5 nitrogen and oxygen atoms in total. The molecule has 3 aromatic rings. The van der Waals surface area contributed by atoms with Gasteiger partial charge in [0.05, 0.1) is 16.8 Å². The van der Waals surface area contributed by atoms with Crippen LogP contribution in [-0.4, -0.2) is 30.3 Å². The van der Waals surface area contributed by atoms with Crippen molar-refractivity contribution in [3.8, 4) is 0 Å². The van der Waals surface area contributed by atoms with Crippen molar-refractivity contribution in [1.29, 1.82) is 0 Å². The lowest BCUT2D eigenvalue weighted by Crippen LogP contribution is -2.27. The van der Waals surface area contributed by atoms with Gasteiger partial charge in [0, 0.05) is 17.3 Å². The Bertz CT molecular complexity index is 984. The number of carbonyl (C=O) groups excluding carboxylic acids is 1. The smallest absolute Gasteiger partial charge is 0.414 e. The van der Waals surface area contributed by atoms with E-state index >= 15 is 0 Å². The maximum atomic E-state index is 12.0. The fourth-order valence-electron chi connectivity index (χ4n) is 2.77. The number of nitrogens with zero attached hydrogens (tertiary/aromatic N) is 2. The lowest BCUT2D eigenvalue weighted by Gasteiger charge is -2.12. The number of benzene rings is 2. The number of hydrogen-bond donors (Lipinski definition) is 1. The first-order valence-electron chi connectivity index (χ1n) is 8.15. The summed E-state index contributed by atoms with van der Waals surface area (Å²) in [5.74, 6) is 0. The number of rotatable bonds is 4. The summed E-state index contributed by atoms with van der Waals surface area (Å²) in [7, 11) is 0.